The van der Waals surface area contributed by atoms with Crippen molar-refractivity contribution in [1.82, 2.24) is 15.5 Å². The topological polar surface area (TPSA) is 41.0 Å². The van der Waals surface area contributed by atoms with E-state index in [1.54, 1.807) is 0 Å². The average Bonchev–Trinajstić information content (AvgIpc) is 2.49. The zero-order chi connectivity index (χ0) is 15.2. The van der Waals surface area contributed by atoms with Gasteiger partial charge in [0.15, 0.2) is 5.82 Å². The summed E-state index contributed by atoms with van der Waals surface area (Å²) in [4.78, 5) is 2.16. The summed E-state index contributed by atoms with van der Waals surface area (Å²) < 4.78 is 0. The first kappa shape index (κ1) is 15.4. The van der Waals surface area contributed by atoms with E-state index in [9.17, 15) is 0 Å². The van der Waals surface area contributed by atoms with E-state index in [2.05, 4.69) is 72.4 Å². The molecule has 0 saturated heterocycles. The molecule has 1 heterocycles. The van der Waals surface area contributed by atoms with Crippen molar-refractivity contribution < 1.29 is 0 Å². The van der Waals surface area contributed by atoms with Crippen molar-refractivity contribution in [3.63, 3.8) is 0 Å². The summed E-state index contributed by atoms with van der Waals surface area (Å²) in [7, 11) is 0. The molecule has 2 aromatic rings. The Hall–Kier alpha value is -1.94. The molecule has 2 rings (SSSR count). The van der Waals surface area contributed by atoms with Crippen molar-refractivity contribution in [2.45, 2.75) is 40.3 Å². The lowest BCUT2D eigenvalue weighted by molar-refractivity contribution is 0.577. The number of hydrogen-bond donors (Lipinski definition) is 1. The van der Waals surface area contributed by atoms with Gasteiger partial charge in [0.1, 0.15) is 0 Å². The molecule has 0 unspecified atom stereocenters. The number of anilines is 2. The van der Waals surface area contributed by atoms with Crippen LogP contribution < -0.4 is 10.2 Å². The summed E-state index contributed by atoms with van der Waals surface area (Å²) in [5.74, 6) is 0.884. The molecule has 0 fully saturated rings. The first-order chi connectivity index (χ1) is 10.1. The van der Waals surface area contributed by atoms with Crippen LogP contribution in [0, 0.1) is 6.92 Å². The number of hydrogen-bond acceptors (Lipinski definition) is 4. The highest BCUT2D eigenvalue weighted by Gasteiger charge is 2.09. The third-order valence-electron chi connectivity index (χ3n) is 3.34. The highest BCUT2D eigenvalue weighted by molar-refractivity contribution is 5.59. The Kier molecular flexibility index (Phi) is 5.28. The van der Waals surface area contributed by atoms with Gasteiger partial charge >= 0.3 is 0 Å². The van der Waals surface area contributed by atoms with E-state index in [4.69, 9.17) is 0 Å². The molecule has 0 spiro atoms. The van der Waals surface area contributed by atoms with Crippen molar-refractivity contribution >= 4 is 11.5 Å². The van der Waals surface area contributed by atoms with Crippen LogP contribution in [0.25, 0.3) is 0 Å². The molecule has 0 bridgehead atoms. The summed E-state index contributed by atoms with van der Waals surface area (Å²) in [6.07, 6.45) is 0. The summed E-state index contributed by atoms with van der Waals surface area (Å²) in [5, 5.41) is 12.0. The van der Waals surface area contributed by atoms with Crippen molar-refractivity contribution in [3.8, 4) is 0 Å². The van der Waals surface area contributed by atoms with Crippen LogP contribution >= 0.6 is 0 Å². The third-order valence-corrected chi connectivity index (χ3v) is 3.34. The Morgan fingerprint density at radius 2 is 1.76 bits per heavy atom. The Balaban J connectivity index is 2.13. The molecule has 1 N–H and O–H groups in total. The molecule has 0 atom stereocenters. The molecule has 0 amide bonds. The van der Waals surface area contributed by atoms with Gasteiger partial charge in [0, 0.05) is 24.8 Å². The number of aromatic nitrogens is 2. The van der Waals surface area contributed by atoms with E-state index >= 15 is 0 Å². The van der Waals surface area contributed by atoms with Crippen LogP contribution in [0.5, 0.6) is 0 Å². The fourth-order valence-corrected chi connectivity index (χ4v) is 2.10. The average molecular weight is 284 g/mol. The van der Waals surface area contributed by atoms with Gasteiger partial charge in [-0.3, -0.25) is 0 Å². The predicted molar refractivity (Wildman–Crippen MR) is 87.9 cm³/mol. The van der Waals surface area contributed by atoms with Crippen molar-refractivity contribution in [2.24, 2.45) is 0 Å². The molecule has 1 aromatic heterocycles. The van der Waals surface area contributed by atoms with Gasteiger partial charge in [-0.05, 0) is 38.1 Å². The van der Waals surface area contributed by atoms with Crippen molar-refractivity contribution in [3.05, 3.63) is 47.7 Å². The fourth-order valence-electron chi connectivity index (χ4n) is 2.10. The van der Waals surface area contributed by atoms with Crippen LogP contribution in [0.3, 0.4) is 0 Å². The molecule has 0 aliphatic rings. The maximum atomic E-state index is 4.36. The van der Waals surface area contributed by atoms with Gasteiger partial charge in [0.2, 0.25) is 0 Å². The lowest BCUT2D eigenvalue weighted by Crippen LogP contribution is -2.23. The Labute approximate surface area is 127 Å². The number of aryl methyl sites for hydroxylation is 1. The van der Waals surface area contributed by atoms with E-state index in [1.807, 2.05) is 12.1 Å². The second kappa shape index (κ2) is 7.18. The number of benzene rings is 1. The van der Waals surface area contributed by atoms with Crippen LogP contribution in [0.4, 0.5) is 11.5 Å². The van der Waals surface area contributed by atoms with Gasteiger partial charge < -0.3 is 10.2 Å². The molecule has 21 heavy (non-hydrogen) atoms. The number of nitrogens with zero attached hydrogens (tertiary/aromatic N) is 3. The largest absolute Gasteiger partial charge is 0.325 e. The highest BCUT2D eigenvalue weighted by Crippen LogP contribution is 2.22. The van der Waals surface area contributed by atoms with E-state index in [-0.39, 0.29) is 0 Å². The molecule has 0 radical (unpaired) electrons. The minimum Gasteiger partial charge on any atom is -0.325 e. The van der Waals surface area contributed by atoms with Crippen LogP contribution in [-0.2, 0) is 6.54 Å². The molecular formula is C17H24N4. The van der Waals surface area contributed by atoms with Gasteiger partial charge in [-0.2, -0.15) is 5.10 Å². The molecule has 1 aromatic carbocycles. The summed E-state index contributed by atoms with van der Waals surface area (Å²) in [5.41, 5.74) is 3.37. The zero-order valence-electron chi connectivity index (χ0n) is 13.3. The lowest BCUT2D eigenvalue weighted by atomic mass is 10.2. The monoisotopic (exact) mass is 284 g/mol. The van der Waals surface area contributed by atoms with Crippen molar-refractivity contribution in [2.75, 3.05) is 11.4 Å². The second-order valence-electron chi connectivity index (χ2n) is 5.50. The Morgan fingerprint density at radius 1 is 1.05 bits per heavy atom. The lowest BCUT2D eigenvalue weighted by Gasteiger charge is -2.21. The number of rotatable bonds is 6. The predicted octanol–water partition coefficient (Wildman–Crippen LogP) is 3.44. The third kappa shape index (κ3) is 4.26. The quantitative estimate of drug-likeness (QED) is 0.882. The number of nitrogens with one attached hydrogen (secondary N) is 1. The fraction of sp³-hybridized carbons (Fsp3) is 0.412. The maximum absolute atomic E-state index is 4.36. The smallest absolute Gasteiger partial charge is 0.155 e. The minimum absolute atomic E-state index is 0.450. The zero-order valence-corrected chi connectivity index (χ0v) is 13.3. The van der Waals surface area contributed by atoms with E-state index in [1.165, 1.54) is 5.56 Å². The first-order valence-corrected chi connectivity index (χ1v) is 7.50. The maximum Gasteiger partial charge on any atom is 0.155 e. The van der Waals surface area contributed by atoms with Gasteiger partial charge in [-0.1, -0.05) is 31.5 Å². The molecular weight excluding hydrogens is 260 g/mol. The van der Waals surface area contributed by atoms with Crippen LogP contribution in [0.1, 0.15) is 32.0 Å². The molecule has 4 heteroatoms. The van der Waals surface area contributed by atoms with E-state index in [0.717, 1.165) is 30.3 Å². The molecule has 0 saturated carbocycles. The van der Waals surface area contributed by atoms with Gasteiger partial charge in [0.05, 0.1) is 5.69 Å². The van der Waals surface area contributed by atoms with E-state index in [0.29, 0.717) is 6.04 Å². The SMILES string of the molecule is CCN(c1ccc(C)cc1)c1ccc(CNC(C)C)nn1. The molecule has 112 valence electrons. The summed E-state index contributed by atoms with van der Waals surface area (Å²) >= 11 is 0. The van der Waals surface area contributed by atoms with E-state index < -0.39 is 0 Å². The van der Waals surface area contributed by atoms with Crippen LogP contribution in [0.15, 0.2) is 36.4 Å². The summed E-state index contributed by atoms with van der Waals surface area (Å²) in [6.45, 7) is 10.1. The first-order valence-electron chi connectivity index (χ1n) is 7.50. The minimum atomic E-state index is 0.450. The molecule has 0 aliphatic carbocycles. The van der Waals surface area contributed by atoms with Crippen LogP contribution in [0.2, 0.25) is 0 Å². The van der Waals surface area contributed by atoms with Gasteiger partial charge in [0.25, 0.3) is 0 Å². The second-order valence-corrected chi connectivity index (χ2v) is 5.50. The van der Waals surface area contributed by atoms with Crippen LogP contribution in [-0.4, -0.2) is 22.8 Å². The Bertz CT molecular complexity index is 546. The van der Waals surface area contributed by atoms with Gasteiger partial charge in [-0.15, -0.1) is 5.10 Å². The highest BCUT2D eigenvalue weighted by atomic mass is 15.3. The van der Waals surface area contributed by atoms with Gasteiger partial charge in [-0.25, -0.2) is 0 Å². The molecule has 4 nitrogen and oxygen atoms in total. The summed E-state index contributed by atoms with van der Waals surface area (Å²) in [6, 6.07) is 13.0. The Morgan fingerprint density at radius 3 is 2.29 bits per heavy atom. The standard InChI is InChI=1S/C17H24N4/c1-5-21(16-9-6-14(4)7-10-16)17-11-8-15(19-20-17)12-18-13(2)3/h6-11,13,18H,5,12H2,1-4H3. The van der Waals surface area contributed by atoms with Crippen molar-refractivity contribution in [1.29, 1.82) is 0 Å². The normalized spacial score (nSPS) is 10.9. The molecule has 0 aliphatic heterocycles.